The van der Waals surface area contributed by atoms with Gasteiger partial charge in [0.25, 0.3) is 0 Å². The number of anilines is 1. The molecule has 0 aromatic heterocycles. The smallest absolute Gasteiger partial charge is 0.243 e. The molecule has 28 heavy (non-hydrogen) atoms. The van der Waals surface area contributed by atoms with Gasteiger partial charge in [0.1, 0.15) is 6.04 Å². The standard InChI is InChI=1S/C22H30N2O3S/c1-16-9-12-20(13-10-16)7-6-14-23-22(25)19(4)24(28(5,26)27)21-15-17(2)8-11-18(21)3/h8-13,15,19H,6-7,14H2,1-5H3,(H,23,25)/t19-/m0/s1. The molecule has 0 saturated heterocycles. The number of amides is 1. The average molecular weight is 403 g/mol. The molecule has 0 fully saturated rings. The summed E-state index contributed by atoms with van der Waals surface area (Å²) in [6.07, 6.45) is 2.79. The first kappa shape index (κ1) is 22.0. The lowest BCUT2D eigenvalue weighted by molar-refractivity contribution is -0.121. The highest BCUT2D eigenvalue weighted by Gasteiger charge is 2.29. The summed E-state index contributed by atoms with van der Waals surface area (Å²) in [7, 11) is -3.61. The molecule has 0 radical (unpaired) electrons. The second-order valence-corrected chi connectivity index (χ2v) is 9.26. The van der Waals surface area contributed by atoms with Gasteiger partial charge in [0.05, 0.1) is 11.9 Å². The number of nitrogens with one attached hydrogen (secondary N) is 1. The van der Waals surface area contributed by atoms with Gasteiger partial charge < -0.3 is 5.32 Å². The molecule has 1 amide bonds. The number of rotatable bonds is 8. The third-order valence-electron chi connectivity index (χ3n) is 4.75. The number of aryl methyl sites for hydroxylation is 4. The van der Waals surface area contributed by atoms with Crippen LogP contribution in [0.3, 0.4) is 0 Å². The first-order valence-corrected chi connectivity index (χ1v) is 11.3. The van der Waals surface area contributed by atoms with Crippen LogP contribution in [0.4, 0.5) is 5.69 Å². The maximum absolute atomic E-state index is 12.6. The number of hydrogen-bond acceptors (Lipinski definition) is 3. The Balaban J connectivity index is 2.03. The van der Waals surface area contributed by atoms with E-state index in [0.717, 1.165) is 30.2 Å². The van der Waals surface area contributed by atoms with Crippen molar-refractivity contribution >= 4 is 21.6 Å². The Hall–Kier alpha value is -2.34. The highest BCUT2D eigenvalue weighted by Crippen LogP contribution is 2.26. The van der Waals surface area contributed by atoms with Crippen molar-refractivity contribution in [3.05, 3.63) is 64.7 Å². The summed E-state index contributed by atoms with van der Waals surface area (Å²) in [4.78, 5) is 12.6. The summed E-state index contributed by atoms with van der Waals surface area (Å²) >= 11 is 0. The largest absolute Gasteiger partial charge is 0.354 e. The van der Waals surface area contributed by atoms with Crippen molar-refractivity contribution in [2.45, 2.75) is 46.6 Å². The van der Waals surface area contributed by atoms with Crippen molar-refractivity contribution in [3.8, 4) is 0 Å². The number of sulfonamides is 1. The van der Waals surface area contributed by atoms with Crippen LogP contribution in [0.25, 0.3) is 0 Å². The minimum absolute atomic E-state index is 0.296. The molecule has 1 N–H and O–H groups in total. The van der Waals surface area contributed by atoms with Crippen LogP contribution in [0.1, 0.15) is 35.6 Å². The Bertz CT molecular complexity index is 921. The molecule has 0 heterocycles. The predicted octanol–water partition coefficient (Wildman–Crippen LogP) is 3.52. The zero-order valence-corrected chi connectivity index (χ0v) is 18.1. The monoisotopic (exact) mass is 402 g/mol. The zero-order valence-electron chi connectivity index (χ0n) is 17.3. The fraction of sp³-hybridized carbons (Fsp3) is 0.409. The fourth-order valence-corrected chi connectivity index (χ4v) is 4.37. The summed E-state index contributed by atoms with van der Waals surface area (Å²) in [5.74, 6) is -0.296. The Kier molecular flexibility index (Phi) is 7.24. The molecule has 2 aromatic rings. The number of carbonyl (C=O) groups excluding carboxylic acids is 1. The molecular weight excluding hydrogens is 372 g/mol. The maximum atomic E-state index is 12.6. The van der Waals surface area contributed by atoms with Gasteiger partial charge in [-0.15, -0.1) is 0 Å². The van der Waals surface area contributed by atoms with E-state index in [4.69, 9.17) is 0 Å². The normalized spacial score (nSPS) is 12.5. The summed E-state index contributed by atoms with van der Waals surface area (Å²) in [6, 6.07) is 13.1. The molecule has 0 aliphatic rings. The molecule has 152 valence electrons. The molecule has 6 heteroatoms. The molecular formula is C22H30N2O3S. The highest BCUT2D eigenvalue weighted by atomic mass is 32.2. The summed E-state index contributed by atoms with van der Waals surface area (Å²) in [6.45, 7) is 7.92. The van der Waals surface area contributed by atoms with E-state index >= 15 is 0 Å². The molecule has 0 bridgehead atoms. The lowest BCUT2D eigenvalue weighted by Crippen LogP contribution is -2.48. The quantitative estimate of drug-likeness (QED) is 0.687. The average Bonchev–Trinajstić information content (AvgIpc) is 2.62. The predicted molar refractivity (Wildman–Crippen MR) is 115 cm³/mol. The van der Waals surface area contributed by atoms with Crippen LogP contribution >= 0.6 is 0 Å². The van der Waals surface area contributed by atoms with Crippen LogP contribution < -0.4 is 9.62 Å². The molecule has 0 aliphatic heterocycles. The van der Waals surface area contributed by atoms with Crippen molar-refractivity contribution in [1.82, 2.24) is 5.32 Å². The minimum atomic E-state index is -3.61. The molecule has 1 atom stereocenters. The van der Waals surface area contributed by atoms with E-state index < -0.39 is 16.1 Å². The van der Waals surface area contributed by atoms with Gasteiger partial charge in [-0.25, -0.2) is 8.42 Å². The Morgan fingerprint density at radius 2 is 1.64 bits per heavy atom. The number of hydrogen-bond donors (Lipinski definition) is 1. The molecule has 5 nitrogen and oxygen atoms in total. The Labute approximate surface area is 168 Å². The summed E-state index contributed by atoms with van der Waals surface area (Å²) in [5.41, 5.74) is 4.75. The van der Waals surface area contributed by atoms with Crippen molar-refractivity contribution in [1.29, 1.82) is 0 Å². The number of carbonyl (C=O) groups is 1. The Morgan fingerprint density at radius 1 is 1.04 bits per heavy atom. The molecule has 2 aromatic carbocycles. The van der Waals surface area contributed by atoms with Gasteiger partial charge in [-0.1, -0.05) is 42.0 Å². The Morgan fingerprint density at radius 3 is 2.25 bits per heavy atom. The van der Waals surface area contributed by atoms with Crippen molar-refractivity contribution in [2.24, 2.45) is 0 Å². The van der Waals surface area contributed by atoms with Crippen LogP contribution in [0.5, 0.6) is 0 Å². The maximum Gasteiger partial charge on any atom is 0.243 e. The lowest BCUT2D eigenvalue weighted by Gasteiger charge is -2.29. The first-order valence-electron chi connectivity index (χ1n) is 9.49. The van der Waals surface area contributed by atoms with Crippen LogP contribution in [-0.4, -0.2) is 33.2 Å². The summed E-state index contributed by atoms with van der Waals surface area (Å²) < 4.78 is 26.1. The highest BCUT2D eigenvalue weighted by molar-refractivity contribution is 7.92. The molecule has 2 rings (SSSR count). The summed E-state index contributed by atoms with van der Waals surface area (Å²) in [5, 5.41) is 2.88. The SMILES string of the molecule is Cc1ccc(CCCNC(=O)[C@H](C)N(c2cc(C)ccc2C)S(C)(=O)=O)cc1. The van der Waals surface area contributed by atoms with Crippen molar-refractivity contribution in [3.63, 3.8) is 0 Å². The second kappa shape index (κ2) is 9.24. The molecule has 0 spiro atoms. The third kappa shape index (κ3) is 5.83. The van der Waals surface area contributed by atoms with E-state index in [-0.39, 0.29) is 5.91 Å². The molecule has 0 saturated carbocycles. The van der Waals surface area contributed by atoms with Crippen LogP contribution in [-0.2, 0) is 21.2 Å². The second-order valence-electron chi connectivity index (χ2n) is 7.40. The van der Waals surface area contributed by atoms with Crippen molar-refractivity contribution < 1.29 is 13.2 Å². The van der Waals surface area contributed by atoms with Crippen molar-refractivity contribution in [2.75, 3.05) is 17.1 Å². The minimum Gasteiger partial charge on any atom is -0.354 e. The van der Waals surface area contributed by atoms with Crippen LogP contribution in [0.15, 0.2) is 42.5 Å². The van der Waals surface area contributed by atoms with E-state index in [1.54, 1.807) is 13.0 Å². The van der Waals surface area contributed by atoms with E-state index in [1.165, 1.54) is 15.4 Å². The lowest BCUT2D eigenvalue weighted by atomic mass is 10.1. The third-order valence-corrected chi connectivity index (χ3v) is 5.98. The van der Waals surface area contributed by atoms with Crippen LogP contribution in [0.2, 0.25) is 0 Å². The van der Waals surface area contributed by atoms with Gasteiger partial charge in [-0.2, -0.15) is 0 Å². The molecule has 0 aliphatic carbocycles. The van der Waals surface area contributed by atoms with E-state index in [1.807, 2.05) is 26.0 Å². The number of benzene rings is 2. The zero-order chi connectivity index (χ0) is 20.9. The van der Waals surface area contributed by atoms with Gasteiger partial charge in [0.2, 0.25) is 15.9 Å². The number of nitrogens with zero attached hydrogens (tertiary/aromatic N) is 1. The van der Waals surface area contributed by atoms with Gasteiger partial charge in [0.15, 0.2) is 0 Å². The van der Waals surface area contributed by atoms with E-state index in [0.29, 0.717) is 12.2 Å². The topological polar surface area (TPSA) is 66.5 Å². The fourth-order valence-electron chi connectivity index (χ4n) is 3.14. The van der Waals surface area contributed by atoms with Gasteiger partial charge in [-0.05, 0) is 63.3 Å². The van der Waals surface area contributed by atoms with E-state index in [2.05, 4.69) is 36.5 Å². The first-order chi connectivity index (χ1) is 13.1. The van der Waals surface area contributed by atoms with Crippen LogP contribution in [0, 0.1) is 20.8 Å². The van der Waals surface area contributed by atoms with E-state index in [9.17, 15) is 13.2 Å². The van der Waals surface area contributed by atoms with Gasteiger partial charge in [0, 0.05) is 6.54 Å². The van der Waals surface area contributed by atoms with Gasteiger partial charge in [-0.3, -0.25) is 9.10 Å². The van der Waals surface area contributed by atoms with Gasteiger partial charge >= 0.3 is 0 Å². The molecule has 0 unspecified atom stereocenters.